The van der Waals surface area contributed by atoms with Crippen molar-refractivity contribution >= 4 is 0 Å². The van der Waals surface area contributed by atoms with Gasteiger partial charge in [-0.25, -0.2) is 9.48 Å². The van der Waals surface area contributed by atoms with E-state index in [1.165, 1.54) is 15.8 Å². The number of H-pyrrole nitrogens is 1. The van der Waals surface area contributed by atoms with Crippen molar-refractivity contribution in [1.29, 1.82) is 0 Å². The van der Waals surface area contributed by atoms with Gasteiger partial charge >= 0.3 is 5.69 Å². The number of aryl methyl sites for hydroxylation is 2. The van der Waals surface area contributed by atoms with Gasteiger partial charge in [0.25, 0.3) is 0 Å². The van der Waals surface area contributed by atoms with Gasteiger partial charge in [0.1, 0.15) is 5.82 Å². The molecule has 0 amide bonds. The maximum absolute atomic E-state index is 13.0. The summed E-state index contributed by atoms with van der Waals surface area (Å²) in [7, 11) is 3.23. The normalized spacial score (nSPS) is 15.4. The number of nitrogens with two attached hydrogens (primary N) is 1. The van der Waals surface area contributed by atoms with Crippen LogP contribution in [0.3, 0.4) is 0 Å². The highest BCUT2D eigenvalue weighted by Gasteiger charge is 2.44. The van der Waals surface area contributed by atoms with Crippen molar-refractivity contribution < 1.29 is 9.68 Å². The highest BCUT2D eigenvalue weighted by molar-refractivity contribution is 5.56. The number of nitrogens with one attached hydrogen (secondary N) is 3. The number of aromatic nitrogens is 3. The summed E-state index contributed by atoms with van der Waals surface area (Å²) in [6.07, 6.45) is 2.32. The zero-order valence-electron chi connectivity index (χ0n) is 21.9. The Morgan fingerprint density at radius 1 is 1.00 bits per heavy atom. The molecule has 9 nitrogen and oxygen atoms in total. The van der Waals surface area contributed by atoms with E-state index in [0.29, 0.717) is 25.3 Å². The fraction of sp³-hybridized carbons (Fsp3) is 0.481. The molecule has 1 aliphatic carbocycles. The van der Waals surface area contributed by atoms with Crippen molar-refractivity contribution in [3.63, 3.8) is 0 Å². The predicted molar refractivity (Wildman–Crippen MR) is 139 cm³/mol. The van der Waals surface area contributed by atoms with Crippen LogP contribution >= 0.6 is 0 Å². The van der Waals surface area contributed by atoms with Gasteiger partial charge in [0.2, 0.25) is 0 Å². The van der Waals surface area contributed by atoms with E-state index in [1.807, 2.05) is 20.8 Å². The van der Waals surface area contributed by atoms with Gasteiger partial charge in [-0.05, 0) is 73.4 Å². The lowest BCUT2D eigenvalue weighted by Crippen LogP contribution is -2.38. The number of rotatable bonds is 10. The van der Waals surface area contributed by atoms with Crippen molar-refractivity contribution in [3.8, 4) is 0 Å². The van der Waals surface area contributed by atoms with Gasteiger partial charge in [0.05, 0.1) is 25.7 Å². The third kappa shape index (κ3) is 5.02. The molecule has 3 aromatic rings. The Hall–Kier alpha value is -2.82. The zero-order valence-corrected chi connectivity index (χ0v) is 21.9. The molecule has 9 heteroatoms. The van der Waals surface area contributed by atoms with E-state index in [9.17, 15) is 4.79 Å². The van der Waals surface area contributed by atoms with Gasteiger partial charge in [-0.1, -0.05) is 36.4 Å². The summed E-state index contributed by atoms with van der Waals surface area (Å²) in [4.78, 5) is 26.3. The summed E-state index contributed by atoms with van der Waals surface area (Å²) in [6, 6.07) is 12.8. The second-order valence-corrected chi connectivity index (χ2v) is 9.94. The van der Waals surface area contributed by atoms with E-state index < -0.39 is 5.41 Å². The van der Waals surface area contributed by atoms with E-state index in [1.54, 1.807) is 14.2 Å². The highest BCUT2D eigenvalue weighted by atomic mass is 16.6. The number of fused-ring (bicyclic) bond motifs is 2. The number of benzene rings is 2. The molecule has 0 spiro atoms. The molecular formula is C27H38N6O3. The van der Waals surface area contributed by atoms with Crippen LogP contribution in [0.5, 0.6) is 0 Å². The number of aromatic amines is 1. The zero-order chi connectivity index (χ0) is 25.9. The lowest BCUT2D eigenvalue weighted by molar-refractivity contribution is 0.0866. The highest BCUT2D eigenvalue weighted by Crippen LogP contribution is 2.46. The maximum atomic E-state index is 13.0. The molecule has 1 aliphatic rings. The topological polar surface area (TPSA) is 119 Å². The predicted octanol–water partition coefficient (Wildman–Crippen LogP) is 2.62. The van der Waals surface area contributed by atoms with E-state index in [4.69, 9.17) is 20.5 Å². The van der Waals surface area contributed by atoms with Crippen LogP contribution in [0.25, 0.3) is 0 Å². The van der Waals surface area contributed by atoms with E-state index in [-0.39, 0.29) is 17.8 Å². The smallest absolute Gasteiger partial charge is 0.328 e. The minimum atomic E-state index is -0.699. The van der Waals surface area contributed by atoms with E-state index in [2.05, 4.69) is 52.3 Å². The summed E-state index contributed by atoms with van der Waals surface area (Å²) in [6.45, 7) is 7.13. The molecule has 1 aromatic heterocycles. The molecule has 0 bridgehead atoms. The summed E-state index contributed by atoms with van der Waals surface area (Å²) in [5, 5.41) is 4.87. The molecule has 36 heavy (non-hydrogen) atoms. The summed E-state index contributed by atoms with van der Waals surface area (Å²) in [5.41, 5.74) is 18.5. The molecule has 0 radical (unpaired) electrons. The molecule has 0 saturated carbocycles. The molecule has 0 unspecified atom stereocenters. The van der Waals surface area contributed by atoms with Gasteiger partial charge in [-0.3, -0.25) is 4.98 Å². The van der Waals surface area contributed by atoms with Crippen molar-refractivity contribution in [2.75, 3.05) is 14.2 Å². The minimum absolute atomic E-state index is 0.0652. The molecule has 2 aromatic carbocycles. The average molecular weight is 495 g/mol. The number of hydrogen-bond donors (Lipinski definition) is 4. The van der Waals surface area contributed by atoms with Crippen LogP contribution in [0.2, 0.25) is 0 Å². The number of hydrogen-bond acceptors (Lipinski definition) is 7. The van der Waals surface area contributed by atoms with Crippen LogP contribution in [0.4, 0.5) is 0 Å². The average Bonchev–Trinajstić information content (AvgIpc) is 3.20. The Balaban J connectivity index is 2.00. The van der Waals surface area contributed by atoms with Gasteiger partial charge in [0.15, 0.2) is 0 Å². The van der Waals surface area contributed by atoms with Crippen LogP contribution < -0.4 is 22.4 Å². The molecular weight excluding hydrogens is 456 g/mol. The lowest BCUT2D eigenvalue weighted by atomic mass is 9.68. The molecule has 194 valence electrons. The molecule has 4 rings (SSSR count). The fourth-order valence-corrected chi connectivity index (χ4v) is 5.42. The standard InChI is InChI=1S/C27H38N6O3/c1-17(2)33-26(34)31-25(32-33)27(14-18(3)28)23-10-6-19(15-29-35-4)12-21(23)8-9-22-13-20(16-30-36-5)7-11-24(22)27/h6-7,10-13,17-18,29-30H,8-9,14-16,28H2,1-5H3,(H,31,32,34)/t18-/m0/s1. The van der Waals surface area contributed by atoms with Crippen LogP contribution in [-0.2, 0) is 41.0 Å². The third-order valence-corrected chi connectivity index (χ3v) is 6.93. The van der Waals surface area contributed by atoms with Crippen LogP contribution in [0, 0.1) is 0 Å². The molecule has 0 aliphatic heterocycles. The first-order valence-corrected chi connectivity index (χ1v) is 12.5. The Bertz CT molecular complexity index is 1190. The Labute approximate surface area is 212 Å². The van der Waals surface area contributed by atoms with Crippen molar-refractivity contribution in [2.24, 2.45) is 5.73 Å². The first-order chi connectivity index (χ1) is 17.3. The van der Waals surface area contributed by atoms with Gasteiger partial charge in [-0.15, -0.1) is 0 Å². The Morgan fingerprint density at radius 2 is 1.53 bits per heavy atom. The minimum Gasteiger partial charge on any atom is -0.328 e. The fourth-order valence-electron chi connectivity index (χ4n) is 5.42. The first kappa shape index (κ1) is 26.2. The third-order valence-electron chi connectivity index (χ3n) is 6.93. The summed E-state index contributed by atoms with van der Waals surface area (Å²) in [5.74, 6) is 0.633. The largest absolute Gasteiger partial charge is 0.343 e. The molecule has 0 fully saturated rings. The van der Waals surface area contributed by atoms with Gasteiger partial charge < -0.3 is 15.4 Å². The van der Waals surface area contributed by atoms with E-state index in [0.717, 1.165) is 35.1 Å². The van der Waals surface area contributed by atoms with E-state index >= 15 is 0 Å². The second-order valence-electron chi connectivity index (χ2n) is 9.94. The number of hydroxylamine groups is 2. The quantitative estimate of drug-likeness (QED) is 0.320. The summed E-state index contributed by atoms with van der Waals surface area (Å²) >= 11 is 0. The monoisotopic (exact) mass is 494 g/mol. The van der Waals surface area contributed by atoms with Gasteiger partial charge in [-0.2, -0.15) is 16.1 Å². The second kappa shape index (κ2) is 11.1. The van der Waals surface area contributed by atoms with Crippen LogP contribution in [0.15, 0.2) is 41.2 Å². The van der Waals surface area contributed by atoms with Crippen LogP contribution in [0.1, 0.15) is 72.4 Å². The molecule has 5 N–H and O–H groups in total. The molecule has 1 heterocycles. The van der Waals surface area contributed by atoms with Crippen molar-refractivity contribution in [2.45, 2.75) is 70.6 Å². The Kier molecular flexibility index (Phi) is 8.07. The molecule has 1 atom stereocenters. The lowest BCUT2D eigenvalue weighted by Gasteiger charge is -2.36. The van der Waals surface area contributed by atoms with Crippen molar-refractivity contribution in [1.82, 2.24) is 25.7 Å². The SMILES string of the molecule is CONCc1ccc2c(c1)CCc1cc(CNOC)ccc1C2(C[C@H](C)N)c1nn(C(C)C)c(=O)[nH]1. The summed E-state index contributed by atoms with van der Waals surface area (Å²) < 4.78 is 1.52. The molecule has 0 saturated heterocycles. The Morgan fingerprint density at radius 3 is 1.94 bits per heavy atom. The number of nitrogens with zero attached hydrogens (tertiary/aromatic N) is 2. The van der Waals surface area contributed by atoms with Crippen LogP contribution in [-0.4, -0.2) is 35.0 Å². The van der Waals surface area contributed by atoms with Gasteiger partial charge in [0, 0.05) is 19.1 Å². The van der Waals surface area contributed by atoms with Crippen molar-refractivity contribution in [3.05, 3.63) is 86.1 Å². The first-order valence-electron chi connectivity index (χ1n) is 12.5. The maximum Gasteiger partial charge on any atom is 0.343 e.